The van der Waals surface area contributed by atoms with Gasteiger partial charge in [-0.2, -0.15) is 0 Å². The summed E-state index contributed by atoms with van der Waals surface area (Å²) in [6, 6.07) is 10.5. The van der Waals surface area contributed by atoms with Gasteiger partial charge in [-0.25, -0.2) is 0 Å². The fraction of sp³-hybridized carbons (Fsp3) is 0.429. The lowest BCUT2D eigenvalue weighted by molar-refractivity contribution is -0.384. The molecular weight excluding hydrogens is 411 g/mol. The van der Waals surface area contributed by atoms with Crippen molar-refractivity contribution in [2.75, 3.05) is 36.4 Å². The molecule has 1 aliphatic rings. The standard InChI is InChI=1S/C21H26Cl2N4O2/c1-21(2,3)26-8-6-25(7-9-26)20-13-18(4-5-19(20)27(28)29)24-14-15-10-16(22)12-17(23)11-15/h4-5,10-13,24H,6-9,14H2,1-3H3. The first-order chi connectivity index (χ1) is 13.6. The van der Waals surface area contributed by atoms with E-state index in [9.17, 15) is 10.1 Å². The van der Waals surface area contributed by atoms with E-state index in [4.69, 9.17) is 23.2 Å². The summed E-state index contributed by atoms with van der Waals surface area (Å²) >= 11 is 12.1. The molecule has 0 spiro atoms. The largest absolute Gasteiger partial charge is 0.381 e. The first-order valence-corrected chi connectivity index (χ1v) is 10.4. The second kappa shape index (κ2) is 8.78. The number of rotatable bonds is 5. The van der Waals surface area contributed by atoms with Crippen molar-refractivity contribution in [2.24, 2.45) is 0 Å². The van der Waals surface area contributed by atoms with Crippen molar-refractivity contribution in [2.45, 2.75) is 32.9 Å². The zero-order valence-corrected chi connectivity index (χ0v) is 18.4. The first-order valence-electron chi connectivity index (χ1n) is 9.61. The van der Waals surface area contributed by atoms with Gasteiger partial charge in [0.1, 0.15) is 5.69 Å². The van der Waals surface area contributed by atoms with Gasteiger partial charge in [-0.3, -0.25) is 15.0 Å². The fourth-order valence-corrected chi connectivity index (χ4v) is 4.15. The van der Waals surface area contributed by atoms with Gasteiger partial charge in [0.25, 0.3) is 5.69 Å². The lowest BCUT2D eigenvalue weighted by Gasteiger charge is -2.42. The molecule has 29 heavy (non-hydrogen) atoms. The molecule has 3 rings (SSSR count). The van der Waals surface area contributed by atoms with Gasteiger partial charge in [0, 0.05) is 60.1 Å². The summed E-state index contributed by atoms with van der Waals surface area (Å²) in [5, 5.41) is 16.0. The third-order valence-electron chi connectivity index (χ3n) is 5.16. The van der Waals surface area contributed by atoms with Gasteiger partial charge in [0.2, 0.25) is 0 Å². The molecule has 1 aliphatic heterocycles. The van der Waals surface area contributed by atoms with Crippen LogP contribution < -0.4 is 10.2 Å². The molecule has 6 nitrogen and oxygen atoms in total. The van der Waals surface area contributed by atoms with Crippen LogP contribution in [0.15, 0.2) is 36.4 Å². The first kappa shape index (κ1) is 21.7. The van der Waals surface area contributed by atoms with Gasteiger partial charge < -0.3 is 10.2 Å². The summed E-state index contributed by atoms with van der Waals surface area (Å²) < 4.78 is 0. The molecule has 0 bridgehead atoms. The van der Waals surface area contributed by atoms with Crippen molar-refractivity contribution in [3.8, 4) is 0 Å². The van der Waals surface area contributed by atoms with Crippen LogP contribution in [0.25, 0.3) is 0 Å². The van der Waals surface area contributed by atoms with E-state index in [1.165, 1.54) is 0 Å². The highest BCUT2D eigenvalue weighted by Crippen LogP contribution is 2.33. The quantitative estimate of drug-likeness (QED) is 0.499. The normalized spacial score (nSPS) is 15.4. The molecule has 1 heterocycles. The summed E-state index contributed by atoms with van der Waals surface area (Å²) in [5.41, 5.74) is 2.64. The summed E-state index contributed by atoms with van der Waals surface area (Å²) in [6.07, 6.45) is 0. The molecule has 0 unspecified atom stereocenters. The smallest absolute Gasteiger partial charge is 0.292 e. The van der Waals surface area contributed by atoms with E-state index in [0.717, 1.165) is 37.4 Å². The van der Waals surface area contributed by atoms with Crippen LogP contribution in [0.1, 0.15) is 26.3 Å². The Labute approximate surface area is 181 Å². The predicted octanol–water partition coefficient (Wildman–Crippen LogP) is 5.43. The molecule has 156 valence electrons. The molecule has 0 aliphatic carbocycles. The Hall–Kier alpha value is -2.02. The van der Waals surface area contributed by atoms with E-state index >= 15 is 0 Å². The molecule has 0 amide bonds. The number of hydrogen-bond donors (Lipinski definition) is 1. The van der Waals surface area contributed by atoms with Crippen molar-refractivity contribution in [3.05, 3.63) is 62.1 Å². The molecule has 0 saturated carbocycles. The van der Waals surface area contributed by atoms with Gasteiger partial charge in [-0.1, -0.05) is 23.2 Å². The summed E-state index contributed by atoms with van der Waals surface area (Å²) in [6.45, 7) is 10.4. The highest BCUT2D eigenvalue weighted by atomic mass is 35.5. The van der Waals surface area contributed by atoms with E-state index in [0.29, 0.717) is 22.3 Å². The summed E-state index contributed by atoms with van der Waals surface area (Å²) in [5.74, 6) is 0. The van der Waals surface area contributed by atoms with E-state index in [-0.39, 0.29) is 16.1 Å². The molecule has 1 fully saturated rings. The van der Waals surface area contributed by atoms with Crippen LogP contribution in [0.5, 0.6) is 0 Å². The van der Waals surface area contributed by atoms with Gasteiger partial charge in [0.15, 0.2) is 0 Å². The highest BCUT2D eigenvalue weighted by molar-refractivity contribution is 6.34. The Morgan fingerprint density at radius 2 is 1.66 bits per heavy atom. The predicted molar refractivity (Wildman–Crippen MR) is 120 cm³/mol. The summed E-state index contributed by atoms with van der Waals surface area (Å²) in [7, 11) is 0. The topological polar surface area (TPSA) is 61.6 Å². The average Bonchev–Trinajstić information content (AvgIpc) is 2.65. The Morgan fingerprint density at radius 1 is 1.03 bits per heavy atom. The number of nitro groups is 1. The third kappa shape index (κ3) is 5.53. The third-order valence-corrected chi connectivity index (χ3v) is 5.60. The fourth-order valence-electron chi connectivity index (χ4n) is 3.58. The average molecular weight is 437 g/mol. The molecular formula is C21H26Cl2N4O2. The number of nitrogens with one attached hydrogen (secondary N) is 1. The van der Waals surface area contributed by atoms with E-state index in [2.05, 4.69) is 35.9 Å². The molecule has 0 radical (unpaired) electrons. The lowest BCUT2D eigenvalue weighted by atomic mass is 10.0. The monoisotopic (exact) mass is 436 g/mol. The Balaban J connectivity index is 1.77. The van der Waals surface area contributed by atoms with E-state index in [1.807, 2.05) is 18.2 Å². The lowest BCUT2D eigenvalue weighted by Crippen LogP contribution is -2.53. The van der Waals surface area contributed by atoms with Crippen molar-refractivity contribution in [3.63, 3.8) is 0 Å². The highest BCUT2D eigenvalue weighted by Gasteiger charge is 2.28. The number of anilines is 2. The SMILES string of the molecule is CC(C)(C)N1CCN(c2cc(NCc3cc(Cl)cc(Cl)c3)ccc2[N+](=O)[O-])CC1. The number of hydrogen-bond acceptors (Lipinski definition) is 5. The van der Waals surface area contributed by atoms with Crippen molar-refractivity contribution in [1.82, 2.24) is 4.90 Å². The Bertz CT molecular complexity index is 870. The van der Waals surface area contributed by atoms with Gasteiger partial charge in [-0.05, 0) is 56.7 Å². The minimum Gasteiger partial charge on any atom is -0.381 e. The van der Waals surface area contributed by atoms with Gasteiger partial charge >= 0.3 is 0 Å². The maximum absolute atomic E-state index is 11.6. The van der Waals surface area contributed by atoms with Crippen molar-refractivity contribution in [1.29, 1.82) is 0 Å². The zero-order valence-electron chi connectivity index (χ0n) is 16.9. The molecule has 0 aromatic heterocycles. The second-order valence-electron chi connectivity index (χ2n) is 8.24. The van der Waals surface area contributed by atoms with Crippen LogP contribution in [0.2, 0.25) is 10.0 Å². The van der Waals surface area contributed by atoms with Crippen LogP contribution in [-0.4, -0.2) is 41.5 Å². The van der Waals surface area contributed by atoms with Crippen molar-refractivity contribution < 1.29 is 4.92 Å². The zero-order chi connectivity index (χ0) is 21.2. The minimum absolute atomic E-state index is 0.0969. The van der Waals surface area contributed by atoms with Crippen molar-refractivity contribution >= 4 is 40.3 Å². The molecule has 1 saturated heterocycles. The number of halogens is 2. The number of piperazine rings is 1. The van der Waals surface area contributed by atoms with Crippen LogP contribution >= 0.6 is 23.2 Å². The van der Waals surface area contributed by atoms with Crippen LogP contribution in [-0.2, 0) is 6.54 Å². The molecule has 8 heteroatoms. The van der Waals surface area contributed by atoms with Gasteiger partial charge in [0.05, 0.1) is 4.92 Å². The molecule has 0 atom stereocenters. The maximum Gasteiger partial charge on any atom is 0.292 e. The second-order valence-corrected chi connectivity index (χ2v) is 9.11. The van der Waals surface area contributed by atoms with Crippen LogP contribution in [0.3, 0.4) is 0 Å². The Kier molecular flexibility index (Phi) is 6.56. The summed E-state index contributed by atoms with van der Waals surface area (Å²) in [4.78, 5) is 15.8. The van der Waals surface area contributed by atoms with Crippen LogP contribution in [0, 0.1) is 10.1 Å². The number of nitrogens with zero attached hydrogens (tertiary/aromatic N) is 3. The molecule has 2 aromatic rings. The molecule has 2 aromatic carbocycles. The van der Waals surface area contributed by atoms with E-state index in [1.54, 1.807) is 18.2 Å². The number of benzene rings is 2. The number of nitro benzene ring substituents is 1. The Morgan fingerprint density at radius 3 is 2.21 bits per heavy atom. The maximum atomic E-state index is 11.6. The van der Waals surface area contributed by atoms with E-state index < -0.39 is 0 Å². The molecule has 1 N–H and O–H groups in total. The minimum atomic E-state index is -0.314. The van der Waals surface area contributed by atoms with Crippen LogP contribution in [0.4, 0.5) is 17.1 Å². The van der Waals surface area contributed by atoms with Gasteiger partial charge in [-0.15, -0.1) is 0 Å².